The van der Waals surface area contributed by atoms with E-state index >= 15 is 0 Å². The Balaban J connectivity index is 1.87. The van der Waals surface area contributed by atoms with Crippen LogP contribution in [0.15, 0.2) is 60.7 Å². The van der Waals surface area contributed by atoms with E-state index < -0.39 is 5.97 Å². The van der Waals surface area contributed by atoms with Crippen LogP contribution in [0.5, 0.6) is 0 Å². The molecule has 0 aliphatic heterocycles. The van der Waals surface area contributed by atoms with E-state index in [9.17, 15) is 9.59 Å². The van der Waals surface area contributed by atoms with Crippen molar-refractivity contribution in [3.8, 4) is 0 Å². The van der Waals surface area contributed by atoms with Crippen LogP contribution in [0.4, 0.5) is 5.00 Å². The zero-order valence-electron chi connectivity index (χ0n) is 14.0. The van der Waals surface area contributed by atoms with Crippen LogP contribution < -0.4 is 5.32 Å². The standard InChI is InChI=1S/C20H16ClNO3S/c1-25-20(24)17-12-16(10-13-6-3-2-4-7-13)26-19(17)22-18(23)14-8-5-9-15(21)11-14/h2-9,11-12H,10H2,1H3,(H,22,23). The number of carbonyl (C=O) groups excluding carboxylic acids is 2. The van der Waals surface area contributed by atoms with Crippen LogP contribution in [0.1, 0.15) is 31.2 Å². The molecule has 6 heteroatoms. The first kappa shape index (κ1) is 18.2. The lowest BCUT2D eigenvalue weighted by molar-refractivity contribution is 0.0602. The molecule has 3 rings (SSSR count). The Morgan fingerprint density at radius 3 is 2.54 bits per heavy atom. The zero-order valence-corrected chi connectivity index (χ0v) is 15.6. The monoisotopic (exact) mass is 385 g/mol. The molecule has 0 fully saturated rings. The summed E-state index contributed by atoms with van der Waals surface area (Å²) < 4.78 is 4.84. The third-order valence-electron chi connectivity index (χ3n) is 3.72. The first-order valence-corrected chi connectivity index (χ1v) is 9.08. The number of rotatable bonds is 5. The Morgan fingerprint density at radius 1 is 1.08 bits per heavy atom. The van der Waals surface area contributed by atoms with E-state index in [2.05, 4.69) is 5.32 Å². The summed E-state index contributed by atoms with van der Waals surface area (Å²) in [6.45, 7) is 0. The molecular weight excluding hydrogens is 370 g/mol. The van der Waals surface area contributed by atoms with Crippen LogP contribution in [-0.2, 0) is 11.2 Å². The maximum Gasteiger partial charge on any atom is 0.340 e. The van der Waals surface area contributed by atoms with Crippen molar-refractivity contribution >= 4 is 39.8 Å². The van der Waals surface area contributed by atoms with E-state index in [4.69, 9.17) is 16.3 Å². The minimum atomic E-state index is -0.484. The molecular formula is C20H16ClNO3S. The van der Waals surface area contributed by atoms with Crippen molar-refractivity contribution in [3.05, 3.63) is 87.3 Å². The van der Waals surface area contributed by atoms with Gasteiger partial charge in [0.2, 0.25) is 0 Å². The Morgan fingerprint density at radius 2 is 1.85 bits per heavy atom. The summed E-state index contributed by atoms with van der Waals surface area (Å²) in [4.78, 5) is 25.5. The number of hydrogen-bond acceptors (Lipinski definition) is 4. The van der Waals surface area contributed by atoms with E-state index in [1.165, 1.54) is 18.4 Å². The largest absolute Gasteiger partial charge is 0.465 e. The van der Waals surface area contributed by atoms with Crippen molar-refractivity contribution in [3.63, 3.8) is 0 Å². The maximum atomic E-state index is 12.5. The number of carbonyl (C=O) groups is 2. The number of thiophene rings is 1. The average molecular weight is 386 g/mol. The van der Waals surface area contributed by atoms with Gasteiger partial charge in [-0.3, -0.25) is 4.79 Å². The van der Waals surface area contributed by atoms with Crippen molar-refractivity contribution in [2.24, 2.45) is 0 Å². The Hall–Kier alpha value is -2.63. The molecule has 0 atom stereocenters. The van der Waals surface area contributed by atoms with E-state index in [-0.39, 0.29) is 5.91 Å². The van der Waals surface area contributed by atoms with Crippen LogP contribution >= 0.6 is 22.9 Å². The number of anilines is 1. The summed E-state index contributed by atoms with van der Waals surface area (Å²) in [5.41, 5.74) is 1.89. The highest BCUT2D eigenvalue weighted by Crippen LogP contribution is 2.31. The molecule has 4 nitrogen and oxygen atoms in total. The van der Waals surface area contributed by atoms with E-state index in [1.807, 2.05) is 30.3 Å². The predicted molar refractivity (Wildman–Crippen MR) is 104 cm³/mol. The molecule has 132 valence electrons. The van der Waals surface area contributed by atoms with Crippen LogP contribution in [0, 0.1) is 0 Å². The van der Waals surface area contributed by atoms with Gasteiger partial charge >= 0.3 is 5.97 Å². The molecule has 0 aliphatic rings. The van der Waals surface area contributed by atoms with Gasteiger partial charge in [-0.25, -0.2) is 4.79 Å². The summed E-state index contributed by atoms with van der Waals surface area (Å²) in [6.07, 6.45) is 0.669. The second-order valence-electron chi connectivity index (χ2n) is 5.57. The predicted octanol–water partition coefficient (Wildman–Crippen LogP) is 5.03. The topological polar surface area (TPSA) is 55.4 Å². The molecule has 0 bridgehead atoms. The molecule has 26 heavy (non-hydrogen) atoms. The number of esters is 1. The molecule has 3 aromatic rings. The first-order valence-electron chi connectivity index (χ1n) is 7.88. The summed E-state index contributed by atoms with van der Waals surface area (Å²) in [6, 6.07) is 18.3. The van der Waals surface area contributed by atoms with Crippen molar-refractivity contribution in [1.29, 1.82) is 0 Å². The van der Waals surface area contributed by atoms with E-state index in [0.29, 0.717) is 27.6 Å². The fourth-order valence-corrected chi connectivity index (χ4v) is 3.75. The highest BCUT2D eigenvalue weighted by Gasteiger charge is 2.19. The second-order valence-corrected chi connectivity index (χ2v) is 7.15. The molecule has 1 amide bonds. The quantitative estimate of drug-likeness (QED) is 0.626. The fraction of sp³-hybridized carbons (Fsp3) is 0.100. The molecule has 0 spiro atoms. The Bertz CT molecular complexity index is 937. The number of nitrogens with one attached hydrogen (secondary N) is 1. The smallest absolute Gasteiger partial charge is 0.340 e. The highest BCUT2D eigenvalue weighted by atomic mass is 35.5. The molecule has 1 N–H and O–H groups in total. The Labute approximate surface area is 160 Å². The second kappa shape index (κ2) is 8.17. The lowest BCUT2D eigenvalue weighted by Gasteiger charge is -2.05. The number of methoxy groups -OCH3 is 1. The number of halogens is 1. The van der Waals surface area contributed by atoms with Crippen molar-refractivity contribution in [2.45, 2.75) is 6.42 Å². The Kier molecular flexibility index (Phi) is 5.71. The van der Waals surface area contributed by atoms with Gasteiger partial charge in [0.25, 0.3) is 5.91 Å². The van der Waals surface area contributed by atoms with Gasteiger partial charge in [0.05, 0.1) is 12.7 Å². The highest BCUT2D eigenvalue weighted by molar-refractivity contribution is 7.16. The van der Waals surface area contributed by atoms with Gasteiger partial charge < -0.3 is 10.1 Å². The third-order valence-corrected chi connectivity index (χ3v) is 5.01. The fourth-order valence-electron chi connectivity index (χ4n) is 2.49. The van der Waals surface area contributed by atoms with Crippen LogP contribution in [0.2, 0.25) is 5.02 Å². The van der Waals surface area contributed by atoms with E-state index in [0.717, 1.165) is 10.4 Å². The number of amides is 1. The summed E-state index contributed by atoms with van der Waals surface area (Å²) in [7, 11) is 1.32. The molecule has 1 aromatic heterocycles. The summed E-state index contributed by atoms with van der Waals surface area (Å²) in [5, 5.41) is 3.73. The first-order chi connectivity index (χ1) is 12.6. The molecule has 0 aliphatic carbocycles. The van der Waals surface area contributed by atoms with Crippen LogP contribution in [0.3, 0.4) is 0 Å². The van der Waals surface area contributed by atoms with Gasteiger partial charge in [-0.2, -0.15) is 0 Å². The minimum absolute atomic E-state index is 0.328. The average Bonchev–Trinajstić information content (AvgIpc) is 3.04. The van der Waals surface area contributed by atoms with Gasteiger partial charge in [0, 0.05) is 21.9 Å². The molecule has 0 saturated heterocycles. The lowest BCUT2D eigenvalue weighted by atomic mass is 10.1. The van der Waals surface area contributed by atoms with Gasteiger partial charge in [-0.05, 0) is 29.8 Å². The SMILES string of the molecule is COC(=O)c1cc(Cc2ccccc2)sc1NC(=O)c1cccc(Cl)c1. The van der Waals surface area contributed by atoms with Crippen molar-refractivity contribution in [2.75, 3.05) is 12.4 Å². The normalized spacial score (nSPS) is 10.4. The van der Waals surface area contributed by atoms with Crippen LogP contribution in [0.25, 0.3) is 0 Å². The van der Waals surface area contributed by atoms with Crippen molar-refractivity contribution in [1.82, 2.24) is 0 Å². The maximum absolute atomic E-state index is 12.5. The molecule has 0 radical (unpaired) electrons. The zero-order chi connectivity index (χ0) is 18.5. The number of ether oxygens (including phenoxy) is 1. The number of hydrogen-bond donors (Lipinski definition) is 1. The van der Waals surface area contributed by atoms with Gasteiger partial charge in [-0.15, -0.1) is 11.3 Å². The molecule has 0 saturated carbocycles. The minimum Gasteiger partial charge on any atom is -0.465 e. The molecule has 2 aromatic carbocycles. The summed E-state index contributed by atoms with van der Waals surface area (Å²) in [5.74, 6) is -0.812. The molecule has 0 unspecified atom stereocenters. The van der Waals surface area contributed by atoms with Gasteiger partial charge in [-0.1, -0.05) is 48.0 Å². The summed E-state index contributed by atoms with van der Waals surface area (Å²) >= 11 is 7.30. The van der Waals surface area contributed by atoms with Crippen molar-refractivity contribution < 1.29 is 14.3 Å². The third kappa shape index (κ3) is 4.31. The number of benzene rings is 2. The van der Waals surface area contributed by atoms with Crippen LogP contribution in [-0.4, -0.2) is 19.0 Å². The lowest BCUT2D eigenvalue weighted by Crippen LogP contribution is -2.13. The molecule has 1 heterocycles. The van der Waals surface area contributed by atoms with Gasteiger partial charge in [0.15, 0.2) is 0 Å². The van der Waals surface area contributed by atoms with Gasteiger partial charge in [0.1, 0.15) is 5.00 Å². The van der Waals surface area contributed by atoms with E-state index in [1.54, 1.807) is 30.3 Å².